The number of benzene rings is 3. The van der Waals surface area contributed by atoms with Crippen molar-refractivity contribution in [1.82, 2.24) is 28.2 Å². The quantitative estimate of drug-likeness (QED) is 0.197. The van der Waals surface area contributed by atoms with Crippen LogP contribution in [0.2, 0.25) is 0 Å². The zero-order valence-corrected chi connectivity index (χ0v) is 25.5. The second-order valence-electron chi connectivity index (χ2n) is 10.8. The van der Waals surface area contributed by atoms with Gasteiger partial charge in [0.15, 0.2) is 0 Å². The lowest BCUT2D eigenvalue weighted by atomic mass is 10.2. The van der Waals surface area contributed by atoms with E-state index in [0.717, 1.165) is 89.7 Å². The Morgan fingerprint density at radius 3 is 0.929 bits per heavy atom. The fraction of sp³-hybridized carbons (Fsp3) is 0.364. The molecule has 0 atom stereocenters. The summed E-state index contributed by atoms with van der Waals surface area (Å²) in [7, 11) is 0. The molecule has 7 rings (SSSR count). The molecule has 0 bridgehead atoms. The van der Waals surface area contributed by atoms with Crippen molar-refractivity contribution in [2.75, 3.05) is 54.0 Å². The van der Waals surface area contributed by atoms with E-state index in [1.165, 1.54) is 17.1 Å². The lowest BCUT2D eigenvalue weighted by molar-refractivity contribution is 0.866. The molecule has 0 aliphatic rings. The first-order chi connectivity index (χ1) is 20.5. The standard InChI is InChI=1S/C33H39N9/c1-7-37(8-2)22-13-16-25-28(19-22)40-31(34-25)41-30-21-24(39(11-5)12-6)15-18-27(30)36-33(41)42-29-20-23(38(9-3)10-4)14-17-26(29)35-32(40)42/h13-21H,7-12H2,1-6H3. The van der Waals surface area contributed by atoms with Crippen LogP contribution in [0.3, 0.4) is 0 Å². The van der Waals surface area contributed by atoms with Crippen LogP contribution in [0.25, 0.3) is 50.4 Å². The molecule has 0 saturated heterocycles. The summed E-state index contributed by atoms with van der Waals surface area (Å²) >= 11 is 0. The number of hydrogen-bond donors (Lipinski definition) is 0. The third-order valence-electron chi connectivity index (χ3n) is 8.85. The fourth-order valence-corrected chi connectivity index (χ4v) is 6.55. The first kappa shape index (κ1) is 26.4. The number of anilines is 3. The van der Waals surface area contributed by atoms with E-state index in [1.54, 1.807) is 0 Å². The maximum absolute atomic E-state index is 5.22. The summed E-state index contributed by atoms with van der Waals surface area (Å²) in [6, 6.07) is 19.7. The lowest BCUT2D eigenvalue weighted by Crippen LogP contribution is -2.21. The Morgan fingerprint density at radius 1 is 0.429 bits per heavy atom. The van der Waals surface area contributed by atoms with Gasteiger partial charge in [0.1, 0.15) is 0 Å². The fourth-order valence-electron chi connectivity index (χ4n) is 6.55. The minimum Gasteiger partial charge on any atom is -0.372 e. The second-order valence-corrected chi connectivity index (χ2v) is 10.8. The molecule has 9 heteroatoms. The van der Waals surface area contributed by atoms with Crippen LogP contribution in [0.1, 0.15) is 41.5 Å². The number of rotatable bonds is 9. The van der Waals surface area contributed by atoms with E-state index in [-0.39, 0.29) is 0 Å². The number of imidazole rings is 3. The van der Waals surface area contributed by atoms with Crippen LogP contribution in [0.15, 0.2) is 54.6 Å². The average Bonchev–Trinajstić information content (AvgIpc) is 3.69. The molecule has 7 aromatic rings. The minimum atomic E-state index is 0.822. The average molecular weight is 562 g/mol. The highest BCUT2D eigenvalue weighted by Gasteiger charge is 2.22. The van der Waals surface area contributed by atoms with Gasteiger partial charge in [-0.3, -0.25) is 0 Å². The van der Waals surface area contributed by atoms with Crippen molar-refractivity contribution in [2.24, 2.45) is 0 Å². The first-order valence-electron chi connectivity index (χ1n) is 15.4. The van der Waals surface area contributed by atoms with Gasteiger partial charge in [0.2, 0.25) is 17.3 Å². The Labute approximate surface area is 245 Å². The van der Waals surface area contributed by atoms with Crippen molar-refractivity contribution in [3.05, 3.63) is 54.6 Å². The molecule has 0 aliphatic carbocycles. The Bertz CT molecular complexity index is 1820. The third-order valence-corrected chi connectivity index (χ3v) is 8.85. The predicted octanol–water partition coefficient (Wildman–Crippen LogP) is 6.63. The zero-order valence-electron chi connectivity index (χ0n) is 25.5. The van der Waals surface area contributed by atoms with Crippen LogP contribution in [-0.4, -0.2) is 67.4 Å². The Balaban J connectivity index is 1.67. The SMILES string of the molecule is CCN(CC)c1ccc2nc3n(c2c1)c1nc2ccc(N(CC)CC)cc2n1c1nc2ccc(N(CC)CC)cc2n31. The summed E-state index contributed by atoms with van der Waals surface area (Å²) < 4.78 is 6.66. The lowest BCUT2D eigenvalue weighted by Gasteiger charge is -2.21. The van der Waals surface area contributed by atoms with Gasteiger partial charge in [-0.05, 0) is 96.1 Å². The summed E-state index contributed by atoms with van der Waals surface area (Å²) in [6.45, 7) is 18.9. The van der Waals surface area contributed by atoms with E-state index < -0.39 is 0 Å². The molecule has 0 saturated carbocycles. The van der Waals surface area contributed by atoms with E-state index in [4.69, 9.17) is 15.0 Å². The second kappa shape index (κ2) is 10.1. The molecule has 0 aliphatic heterocycles. The van der Waals surface area contributed by atoms with Crippen molar-refractivity contribution in [2.45, 2.75) is 41.5 Å². The molecule has 0 unspecified atom stereocenters. The molecule has 0 amide bonds. The molecule has 0 N–H and O–H groups in total. The van der Waals surface area contributed by atoms with Crippen LogP contribution >= 0.6 is 0 Å². The van der Waals surface area contributed by atoms with Crippen LogP contribution < -0.4 is 14.7 Å². The van der Waals surface area contributed by atoms with Gasteiger partial charge >= 0.3 is 0 Å². The van der Waals surface area contributed by atoms with E-state index in [9.17, 15) is 0 Å². The normalized spacial score (nSPS) is 12.1. The van der Waals surface area contributed by atoms with E-state index in [1.807, 2.05) is 0 Å². The van der Waals surface area contributed by atoms with Crippen molar-refractivity contribution < 1.29 is 0 Å². The van der Waals surface area contributed by atoms with Crippen molar-refractivity contribution in [3.8, 4) is 0 Å². The summed E-state index contributed by atoms with van der Waals surface area (Å²) in [5.41, 5.74) is 9.52. The van der Waals surface area contributed by atoms with Gasteiger partial charge in [-0.15, -0.1) is 0 Å². The highest BCUT2D eigenvalue weighted by molar-refractivity contribution is 5.93. The smallest absolute Gasteiger partial charge is 0.225 e. The maximum Gasteiger partial charge on any atom is 0.225 e. The third kappa shape index (κ3) is 3.72. The number of aromatic nitrogens is 6. The molecule has 4 aromatic heterocycles. The van der Waals surface area contributed by atoms with Gasteiger partial charge in [0.25, 0.3) is 0 Å². The molecular formula is C33H39N9. The van der Waals surface area contributed by atoms with Gasteiger partial charge in [-0.25, -0.2) is 28.2 Å². The molecule has 4 heterocycles. The van der Waals surface area contributed by atoms with Crippen molar-refractivity contribution in [3.63, 3.8) is 0 Å². The predicted molar refractivity (Wildman–Crippen MR) is 176 cm³/mol. The zero-order chi connectivity index (χ0) is 29.1. The minimum absolute atomic E-state index is 0.822. The highest BCUT2D eigenvalue weighted by Crippen LogP contribution is 2.32. The molecule has 0 radical (unpaired) electrons. The van der Waals surface area contributed by atoms with Gasteiger partial charge in [-0.2, -0.15) is 0 Å². The van der Waals surface area contributed by atoms with Gasteiger partial charge < -0.3 is 14.7 Å². The van der Waals surface area contributed by atoms with Gasteiger partial charge in [0, 0.05) is 56.3 Å². The van der Waals surface area contributed by atoms with E-state index in [0.29, 0.717) is 0 Å². The topological polar surface area (TPSA) is 61.6 Å². The Morgan fingerprint density at radius 2 is 0.690 bits per heavy atom. The van der Waals surface area contributed by atoms with E-state index in [2.05, 4.69) is 124 Å². The number of hydrogen-bond acceptors (Lipinski definition) is 6. The van der Waals surface area contributed by atoms with Crippen LogP contribution in [0.5, 0.6) is 0 Å². The highest BCUT2D eigenvalue weighted by atomic mass is 15.3. The van der Waals surface area contributed by atoms with Gasteiger partial charge in [-0.1, -0.05) is 0 Å². The van der Waals surface area contributed by atoms with Crippen molar-refractivity contribution >= 4 is 67.5 Å². The molecule has 216 valence electrons. The van der Waals surface area contributed by atoms with Crippen LogP contribution in [-0.2, 0) is 0 Å². The Kier molecular flexibility index (Phi) is 6.33. The summed E-state index contributed by atoms with van der Waals surface area (Å²) in [6.07, 6.45) is 0. The number of fused-ring (bicyclic) bond motifs is 12. The molecule has 3 aromatic carbocycles. The molecule has 0 spiro atoms. The van der Waals surface area contributed by atoms with Crippen LogP contribution in [0.4, 0.5) is 17.1 Å². The maximum atomic E-state index is 5.22. The summed E-state index contributed by atoms with van der Waals surface area (Å²) in [5.74, 6) is 2.47. The Hall–Kier alpha value is -4.53. The van der Waals surface area contributed by atoms with Crippen LogP contribution in [0, 0.1) is 0 Å². The van der Waals surface area contributed by atoms with E-state index >= 15 is 0 Å². The largest absolute Gasteiger partial charge is 0.372 e. The molecule has 9 nitrogen and oxygen atoms in total. The summed E-state index contributed by atoms with van der Waals surface area (Å²) in [5, 5.41) is 0. The van der Waals surface area contributed by atoms with Gasteiger partial charge in [0.05, 0.1) is 33.1 Å². The summed E-state index contributed by atoms with van der Waals surface area (Å²) in [4.78, 5) is 22.8. The molecule has 0 fully saturated rings. The molecular weight excluding hydrogens is 522 g/mol. The monoisotopic (exact) mass is 561 g/mol. The molecule has 42 heavy (non-hydrogen) atoms. The number of nitrogens with zero attached hydrogens (tertiary/aromatic N) is 9. The van der Waals surface area contributed by atoms with Crippen molar-refractivity contribution in [1.29, 1.82) is 0 Å². The first-order valence-corrected chi connectivity index (χ1v) is 15.4.